The number of carboxylic acid groups (broad SMARTS) is 1. The third-order valence-corrected chi connectivity index (χ3v) is 8.36. The highest BCUT2D eigenvalue weighted by atomic mass is 19.4. The maximum atomic E-state index is 14.8. The molecule has 1 aromatic heterocycles. The van der Waals surface area contributed by atoms with Gasteiger partial charge in [0.2, 0.25) is 5.91 Å². The topological polar surface area (TPSA) is 121 Å². The fourth-order valence-electron chi connectivity index (χ4n) is 6.48. The van der Waals surface area contributed by atoms with E-state index < -0.39 is 60.3 Å². The number of para-hydroxylation sites is 1. The van der Waals surface area contributed by atoms with Crippen LogP contribution >= 0.6 is 0 Å². The Morgan fingerprint density at radius 1 is 1.11 bits per heavy atom. The van der Waals surface area contributed by atoms with Gasteiger partial charge in [0.15, 0.2) is 5.69 Å². The molecular formula is C31H42F4N6O5. The van der Waals surface area contributed by atoms with Crippen LogP contribution in [0.25, 0.3) is 5.69 Å². The van der Waals surface area contributed by atoms with Crippen molar-refractivity contribution in [2.24, 2.45) is 17.3 Å². The molecule has 1 aromatic carbocycles. The quantitative estimate of drug-likeness (QED) is 0.412. The minimum Gasteiger partial charge on any atom is -0.465 e. The largest absolute Gasteiger partial charge is 0.465 e. The van der Waals surface area contributed by atoms with E-state index in [2.05, 4.69) is 10.3 Å². The Bertz CT molecular complexity index is 1400. The molecule has 0 bridgehead atoms. The number of rotatable bonds is 8. The van der Waals surface area contributed by atoms with Crippen molar-refractivity contribution in [3.63, 3.8) is 0 Å². The molecule has 3 amide bonds. The van der Waals surface area contributed by atoms with Gasteiger partial charge in [-0.2, -0.15) is 13.2 Å². The summed E-state index contributed by atoms with van der Waals surface area (Å²) in [6.45, 7) is 10.6. The van der Waals surface area contributed by atoms with Crippen molar-refractivity contribution < 1.29 is 41.8 Å². The molecule has 0 radical (unpaired) electrons. The number of carbonyl (C=O) groups excluding carboxylic acids is 2. The van der Waals surface area contributed by atoms with Gasteiger partial charge in [-0.1, -0.05) is 52.0 Å². The summed E-state index contributed by atoms with van der Waals surface area (Å²) in [5.74, 6) is -2.71. The Morgan fingerprint density at radius 2 is 1.76 bits per heavy atom. The molecule has 0 spiro atoms. The van der Waals surface area contributed by atoms with Crippen molar-refractivity contribution in [3.8, 4) is 5.69 Å². The lowest BCUT2D eigenvalue weighted by molar-refractivity contribution is -0.144. The van der Waals surface area contributed by atoms with Gasteiger partial charge in [-0.3, -0.25) is 9.59 Å². The van der Waals surface area contributed by atoms with Gasteiger partial charge in [0.05, 0.1) is 36.9 Å². The van der Waals surface area contributed by atoms with Gasteiger partial charge < -0.3 is 24.5 Å². The number of piperidine rings is 1. The predicted octanol–water partition coefficient (Wildman–Crippen LogP) is 4.64. The Labute approximate surface area is 265 Å². The third-order valence-electron chi connectivity index (χ3n) is 8.36. The van der Waals surface area contributed by atoms with Gasteiger partial charge in [-0.25, -0.2) is 13.9 Å². The first-order valence-corrected chi connectivity index (χ1v) is 15.4. The van der Waals surface area contributed by atoms with Gasteiger partial charge >= 0.3 is 12.3 Å². The van der Waals surface area contributed by atoms with Gasteiger partial charge in [0.1, 0.15) is 11.5 Å². The summed E-state index contributed by atoms with van der Waals surface area (Å²) in [5.41, 5.74) is -1.49. The van der Waals surface area contributed by atoms with Gasteiger partial charge in [0.25, 0.3) is 5.91 Å². The van der Waals surface area contributed by atoms with E-state index in [1.54, 1.807) is 4.90 Å². The normalized spacial score (nSPS) is 21.0. The van der Waals surface area contributed by atoms with Crippen LogP contribution in [-0.4, -0.2) is 110 Å². The lowest BCUT2D eigenvalue weighted by atomic mass is 9.74. The van der Waals surface area contributed by atoms with Crippen molar-refractivity contribution in [1.29, 1.82) is 0 Å². The van der Waals surface area contributed by atoms with E-state index >= 15 is 0 Å². The molecule has 1 N–H and O–H groups in total. The Hall–Kier alpha value is -3.75. The first-order chi connectivity index (χ1) is 21.5. The minimum absolute atomic E-state index is 0.0754. The van der Waals surface area contributed by atoms with Crippen LogP contribution in [0, 0.1) is 23.1 Å². The number of benzene rings is 1. The first kappa shape index (κ1) is 35.1. The SMILES string of the molecule is CC(C)CN(C(=O)c1nnn(-c2ccccc2F)c1CCC(F)(F)F)[C@H]1C[C@@H](C(=O)N2CCOCC2)CN(C(=O)O)C1C(C)(C)C. The highest BCUT2D eigenvalue weighted by Crippen LogP contribution is 2.39. The lowest BCUT2D eigenvalue weighted by Gasteiger charge is -2.52. The number of halogens is 4. The standard InChI is InChI=1S/C31H42F4N6O5/c1-19(2)17-39(28(43)25-23(10-11-31(33,34)35)41(37-36-25)22-9-7-6-8-21(22)32)24-16-20(27(42)38-12-14-46-15-13-38)18-40(29(44)45)26(24)30(3,4)5/h6-9,19-20,24,26H,10-18H2,1-5H3,(H,44,45)/t20-,24+,26?/m1/s1. The van der Waals surface area contributed by atoms with Gasteiger partial charge in [-0.05, 0) is 29.9 Å². The number of likely N-dealkylation sites (tertiary alicyclic amines) is 1. The van der Waals surface area contributed by atoms with Crippen molar-refractivity contribution in [2.75, 3.05) is 39.4 Å². The molecule has 254 valence electrons. The number of carbonyl (C=O) groups is 3. The summed E-state index contributed by atoms with van der Waals surface area (Å²) >= 11 is 0. The zero-order valence-electron chi connectivity index (χ0n) is 26.8. The average molecular weight is 655 g/mol. The molecule has 46 heavy (non-hydrogen) atoms. The van der Waals surface area contributed by atoms with Crippen molar-refractivity contribution in [1.82, 2.24) is 29.7 Å². The van der Waals surface area contributed by atoms with Gasteiger partial charge in [-0.15, -0.1) is 5.10 Å². The fourth-order valence-corrected chi connectivity index (χ4v) is 6.48. The molecule has 2 aliphatic heterocycles. The number of alkyl halides is 3. The van der Waals surface area contributed by atoms with Crippen LogP contribution < -0.4 is 0 Å². The molecule has 15 heteroatoms. The monoisotopic (exact) mass is 654 g/mol. The van der Waals surface area contributed by atoms with E-state index in [0.29, 0.717) is 26.3 Å². The van der Waals surface area contributed by atoms with Crippen LogP contribution in [0.15, 0.2) is 24.3 Å². The van der Waals surface area contributed by atoms with Crippen LogP contribution in [0.3, 0.4) is 0 Å². The molecule has 0 saturated carbocycles. The molecule has 2 aliphatic rings. The Kier molecular flexibility index (Phi) is 10.6. The molecule has 3 heterocycles. The summed E-state index contributed by atoms with van der Waals surface area (Å²) in [6.07, 6.45) is -7.72. The van der Waals surface area contributed by atoms with E-state index in [1.165, 1.54) is 28.0 Å². The Balaban J connectivity index is 1.83. The second kappa shape index (κ2) is 13.9. The fraction of sp³-hybridized carbons (Fsp3) is 0.645. The van der Waals surface area contributed by atoms with Crippen molar-refractivity contribution in [2.45, 2.75) is 72.1 Å². The second-order valence-electron chi connectivity index (χ2n) is 13.4. The third kappa shape index (κ3) is 7.96. The van der Waals surface area contributed by atoms with Crippen LogP contribution in [0.4, 0.5) is 22.4 Å². The Morgan fingerprint density at radius 3 is 2.33 bits per heavy atom. The van der Waals surface area contributed by atoms with Crippen molar-refractivity contribution in [3.05, 3.63) is 41.5 Å². The summed E-state index contributed by atoms with van der Waals surface area (Å²) in [4.78, 5) is 45.2. The molecular weight excluding hydrogens is 612 g/mol. The molecule has 2 fully saturated rings. The summed E-state index contributed by atoms with van der Waals surface area (Å²) in [7, 11) is 0. The van der Waals surface area contributed by atoms with Crippen LogP contribution in [0.2, 0.25) is 0 Å². The van der Waals surface area contributed by atoms with Crippen LogP contribution in [0.5, 0.6) is 0 Å². The molecule has 4 rings (SSSR count). The lowest BCUT2D eigenvalue weighted by Crippen LogP contribution is -2.66. The number of hydrogen-bond donors (Lipinski definition) is 1. The first-order valence-electron chi connectivity index (χ1n) is 15.4. The molecule has 2 aromatic rings. The smallest absolute Gasteiger partial charge is 0.407 e. The molecule has 3 atom stereocenters. The summed E-state index contributed by atoms with van der Waals surface area (Å²) in [5, 5.41) is 18.3. The maximum Gasteiger partial charge on any atom is 0.407 e. The summed E-state index contributed by atoms with van der Waals surface area (Å²) < 4.78 is 61.5. The zero-order chi connectivity index (χ0) is 34.0. The molecule has 1 unspecified atom stereocenters. The molecule has 0 aliphatic carbocycles. The van der Waals surface area contributed by atoms with E-state index in [4.69, 9.17) is 4.74 Å². The van der Waals surface area contributed by atoms with E-state index in [0.717, 1.165) is 10.7 Å². The minimum atomic E-state index is -4.59. The van der Waals surface area contributed by atoms with Crippen molar-refractivity contribution >= 4 is 17.9 Å². The maximum absolute atomic E-state index is 14.8. The highest BCUT2D eigenvalue weighted by Gasteiger charge is 2.50. The second-order valence-corrected chi connectivity index (χ2v) is 13.4. The zero-order valence-corrected chi connectivity index (χ0v) is 26.8. The van der Waals surface area contributed by atoms with Crippen LogP contribution in [-0.2, 0) is 16.0 Å². The van der Waals surface area contributed by atoms with Crippen LogP contribution in [0.1, 0.15) is 63.6 Å². The summed E-state index contributed by atoms with van der Waals surface area (Å²) in [6, 6.07) is 3.73. The number of morpholine rings is 1. The van der Waals surface area contributed by atoms with E-state index in [9.17, 15) is 37.1 Å². The highest BCUT2D eigenvalue weighted by molar-refractivity contribution is 5.94. The van der Waals surface area contributed by atoms with E-state index in [1.807, 2.05) is 34.6 Å². The van der Waals surface area contributed by atoms with E-state index in [-0.39, 0.29) is 48.4 Å². The average Bonchev–Trinajstić information content (AvgIpc) is 3.41. The number of nitrogens with zero attached hydrogens (tertiary/aromatic N) is 6. The number of ether oxygens (including phenoxy) is 1. The molecule has 11 nitrogen and oxygen atoms in total. The number of hydrogen-bond acceptors (Lipinski definition) is 6. The molecule has 2 saturated heterocycles. The number of aromatic nitrogens is 3. The number of amides is 3. The predicted molar refractivity (Wildman–Crippen MR) is 159 cm³/mol. The van der Waals surface area contributed by atoms with Gasteiger partial charge in [0, 0.05) is 39.0 Å².